The number of aryl methyl sites for hydroxylation is 1. The Morgan fingerprint density at radius 1 is 1.07 bits per heavy atom. The maximum absolute atomic E-state index is 16.2. The summed E-state index contributed by atoms with van der Waals surface area (Å²) in [5.41, 5.74) is 4.18. The molecular formula is C32H35FN6O3. The molecule has 218 valence electrons. The fourth-order valence-electron chi connectivity index (χ4n) is 5.67. The van der Waals surface area contributed by atoms with Crippen LogP contribution < -0.4 is 10.2 Å². The van der Waals surface area contributed by atoms with Crippen LogP contribution in [0.25, 0.3) is 27.7 Å². The molecule has 2 aliphatic rings. The monoisotopic (exact) mass is 570 g/mol. The van der Waals surface area contributed by atoms with Gasteiger partial charge in [-0.2, -0.15) is 5.10 Å². The van der Waals surface area contributed by atoms with Crippen LogP contribution >= 0.6 is 0 Å². The van der Waals surface area contributed by atoms with Gasteiger partial charge in [0.05, 0.1) is 5.39 Å². The molecule has 9 nitrogen and oxygen atoms in total. The Balaban J connectivity index is 1.35. The number of hydrogen-bond donors (Lipinski definition) is 1. The zero-order valence-corrected chi connectivity index (χ0v) is 24.0. The van der Waals surface area contributed by atoms with Gasteiger partial charge in [-0.3, -0.25) is 14.3 Å². The molecule has 1 N–H and O–H groups in total. The molecule has 42 heavy (non-hydrogen) atoms. The Morgan fingerprint density at radius 3 is 2.57 bits per heavy atom. The zero-order chi connectivity index (χ0) is 29.2. The Kier molecular flexibility index (Phi) is 7.80. The van der Waals surface area contributed by atoms with Gasteiger partial charge in [0, 0.05) is 102 Å². The Labute approximate surface area is 244 Å². The second-order valence-electron chi connectivity index (χ2n) is 11.0. The molecule has 0 unspecified atom stereocenters. The van der Waals surface area contributed by atoms with Gasteiger partial charge in [0.25, 0.3) is 5.91 Å². The number of aromatic nitrogens is 2. The molecule has 0 aliphatic carbocycles. The number of benzene rings is 2. The van der Waals surface area contributed by atoms with Gasteiger partial charge >= 0.3 is 0 Å². The van der Waals surface area contributed by atoms with Crippen molar-refractivity contribution in [2.24, 2.45) is 0 Å². The molecule has 10 heteroatoms. The van der Waals surface area contributed by atoms with E-state index in [9.17, 15) is 9.59 Å². The molecule has 1 fully saturated rings. The zero-order valence-electron chi connectivity index (χ0n) is 24.0. The molecule has 2 aliphatic heterocycles. The van der Waals surface area contributed by atoms with Crippen LogP contribution in [0.1, 0.15) is 29.0 Å². The molecule has 0 bridgehead atoms. The van der Waals surface area contributed by atoms with Crippen LogP contribution in [-0.4, -0.2) is 84.8 Å². The molecule has 6 rings (SSSR count). The lowest BCUT2D eigenvalue weighted by molar-refractivity contribution is -0.131. The summed E-state index contributed by atoms with van der Waals surface area (Å²) in [6, 6.07) is 13.3. The molecule has 0 spiro atoms. The summed E-state index contributed by atoms with van der Waals surface area (Å²) in [7, 11) is 3.27. The van der Waals surface area contributed by atoms with Gasteiger partial charge in [0.2, 0.25) is 5.91 Å². The van der Waals surface area contributed by atoms with Crippen molar-refractivity contribution in [2.45, 2.75) is 19.4 Å². The second-order valence-corrected chi connectivity index (χ2v) is 11.0. The molecule has 0 atom stereocenters. The minimum atomic E-state index is -0.454. The smallest absolute Gasteiger partial charge is 0.289 e. The number of anilines is 1. The third-order valence-electron chi connectivity index (χ3n) is 7.98. The summed E-state index contributed by atoms with van der Waals surface area (Å²) in [4.78, 5) is 31.4. The minimum Gasteiger partial charge on any atom is -0.450 e. The molecule has 0 radical (unpaired) electrons. The van der Waals surface area contributed by atoms with E-state index in [0.717, 1.165) is 43.0 Å². The van der Waals surface area contributed by atoms with E-state index in [1.165, 1.54) is 11.0 Å². The number of amides is 2. The number of carbonyl (C=O) groups is 2. The van der Waals surface area contributed by atoms with Gasteiger partial charge in [0.15, 0.2) is 5.76 Å². The van der Waals surface area contributed by atoms with Gasteiger partial charge in [-0.25, -0.2) is 4.39 Å². The van der Waals surface area contributed by atoms with Crippen molar-refractivity contribution in [2.75, 3.05) is 58.3 Å². The van der Waals surface area contributed by atoms with Gasteiger partial charge < -0.3 is 24.4 Å². The van der Waals surface area contributed by atoms with E-state index in [2.05, 4.69) is 27.4 Å². The first-order valence-corrected chi connectivity index (χ1v) is 14.4. The van der Waals surface area contributed by atoms with E-state index in [1.54, 1.807) is 35.9 Å². The van der Waals surface area contributed by atoms with Crippen LogP contribution in [-0.2, 0) is 11.3 Å². The van der Waals surface area contributed by atoms with Gasteiger partial charge in [-0.15, -0.1) is 0 Å². The number of piperazine rings is 1. The van der Waals surface area contributed by atoms with Crippen molar-refractivity contribution in [3.8, 4) is 11.1 Å². The lowest BCUT2D eigenvalue weighted by Gasteiger charge is -2.29. The Morgan fingerprint density at radius 2 is 1.86 bits per heavy atom. The topological polar surface area (TPSA) is 86.9 Å². The Hall–Kier alpha value is -4.44. The minimum absolute atomic E-state index is 0.00323. The molecule has 2 aromatic heterocycles. The number of carbonyl (C=O) groups excluding carboxylic acids is 2. The van der Waals surface area contributed by atoms with Crippen LogP contribution in [0, 0.1) is 5.82 Å². The van der Waals surface area contributed by atoms with Crippen molar-refractivity contribution in [3.63, 3.8) is 0 Å². The number of hydrogen-bond acceptors (Lipinski definition) is 6. The number of halogens is 1. The number of fused-ring (bicyclic) bond motifs is 1. The maximum atomic E-state index is 16.2. The van der Waals surface area contributed by atoms with E-state index in [4.69, 9.17) is 4.42 Å². The van der Waals surface area contributed by atoms with Gasteiger partial charge in [-0.05, 0) is 41.8 Å². The highest BCUT2D eigenvalue weighted by Gasteiger charge is 2.26. The predicted octanol–water partition coefficient (Wildman–Crippen LogP) is 4.25. The first kappa shape index (κ1) is 27.7. The van der Waals surface area contributed by atoms with Crippen molar-refractivity contribution in [1.29, 1.82) is 0 Å². The van der Waals surface area contributed by atoms with Gasteiger partial charge in [-0.1, -0.05) is 18.2 Å². The summed E-state index contributed by atoms with van der Waals surface area (Å²) in [6.45, 7) is 5.14. The average Bonchev–Trinajstić information content (AvgIpc) is 3.71. The predicted molar refractivity (Wildman–Crippen MR) is 161 cm³/mol. The standard InChI is InChI=1S/C32H35FN6O3/c1-36(2)32(41)28-20-27-30(33)25(23-5-3-14-38(21-23)29(40)10-16-39-15-4-11-35-39)19-26(31(27)42-28)22-6-8-24(9-7-22)37-17-12-34-13-18-37/h4-9,11,15,19-20,34H,3,10,12-14,16-18,21H2,1-2H3. The van der Waals surface area contributed by atoms with Gasteiger partial charge in [0.1, 0.15) is 11.4 Å². The van der Waals surface area contributed by atoms with Crippen LogP contribution in [0.3, 0.4) is 0 Å². The molecule has 4 aromatic rings. The number of nitrogens with one attached hydrogen (secondary N) is 1. The van der Waals surface area contributed by atoms with Crippen molar-refractivity contribution >= 4 is 34.0 Å². The van der Waals surface area contributed by atoms with Crippen molar-refractivity contribution < 1.29 is 18.4 Å². The highest BCUT2D eigenvalue weighted by Crippen LogP contribution is 2.38. The third kappa shape index (κ3) is 5.54. The van der Waals surface area contributed by atoms with Crippen LogP contribution in [0.2, 0.25) is 0 Å². The average molecular weight is 571 g/mol. The fourth-order valence-corrected chi connectivity index (χ4v) is 5.67. The summed E-state index contributed by atoms with van der Waals surface area (Å²) in [5, 5.41) is 7.80. The van der Waals surface area contributed by atoms with E-state index in [0.29, 0.717) is 49.2 Å². The molecule has 1 saturated heterocycles. The largest absolute Gasteiger partial charge is 0.450 e. The van der Waals surface area contributed by atoms with Crippen molar-refractivity contribution in [3.05, 3.63) is 78.1 Å². The first-order chi connectivity index (χ1) is 20.4. The van der Waals surface area contributed by atoms with Crippen molar-refractivity contribution in [1.82, 2.24) is 24.9 Å². The highest BCUT2D eigenvalue weighted by molar-refractivity contribution is 6.02. The van der Waals surface area contributed by atoms with E-state index in [-0.39, 0.29) is 23.0 Å². The van der Waals surface area contributed by atoms with E-state index in [1.807, 2.05) is 30.5 Å². The fraction of sp³-hybridized carbons (Fsp3) is 0.344. The molecule has 2 aromatic carbocycles. The number of furan rings is 1. The summed E-state index contributed by atoms with van der Waals surface area (Å²) < 4.78 is 24.0. The van der Waals surface area contributed by atoms with Crippen LogP contribution in [0.4, 0.5) is 10.1 Å². The van der Waals surface area contributed by atoms with Crippen LogP contribution in [0.15, 0.2) is 65.4 Å². The van der Waals surface area contributed by atoms with E-state index >= 15 is 4.39 Å². The third-order valence-corrected chi connectivity index (χ3v) is 7.98. The summed E-state index contributed by atoms with van der Waals surface area (Å²) in [5.74, 6) is -0.705. The summed E-state index contributed by atoms with van der Waals surface area (Å²) >= 11 is 0. The lowest BCUT2D eigenvalue weighted by atomic mass is 9.93. The molecule has 2 amide bonds. The lowest BCUT2D eigenvalue weighted by Crippen LogP contribution is -2.43. The first-order valence-electron chi connectivity index (χ1n) is 14.4. The van der Waals surface area contributed by atoms with Crippen LogP contribution in [0.5, 0.6) is 0 Å². The Bertz CT molecular complexity index is 1620. The quantitative estimate of drug-likeness (QED) is 0.358. The number of nitrogens with zero attached hydrogens (tertiary/aromatic N) is 5. The molecular weight excluding hydrogens is 535 g/mol. The normalized spacial score (nSPS) is 15.6. The molecule has 0 saturated carbocycles. The second kappa shape index (κ2) is 11.8. The SMILES string of the molecule is CN(C)C(=O)c1cc2c(F)c(C3=CCCN(C(=O)CCn4cccn4)C3)cc(-c3ccc(N4CCNCC4)cc3)c2o1. The van der Waals surface area contributed by atoms with E-state index < -0.39 is 5.82 Å². The molecule has 4 heterocycles. The maximum Gasteiger partial charge on any atom is 0.289 e. The highest BCUT2D eigenvalue weighted by atomic mass is 19.1. The summed E-state index contributed by atoms with van der Waals surface area (Å²) in [6.07, 6.45) is 6.47. The number of rotatable bonds is 7.